The number of aliphatic carboxylic acids is 1. The minimum Gasteiger partial charge on any atom is -0.480 e. The van der Waals surface area contributed by atoms with E-state index in [1.807, 2.05) is 49.6 Å². The van der Waals surface area contributed by atoms with E-state index < -0.39 is 12.0 Å². The highest BCUT2D eigenvalue weighted by molar-refractivity contribution is 5.98. The molecule has 5 heteroatoms. The lowest BCUT2D eigenvalue weighted by Gasteiger charge is -2.14. The SMILES string of the molecule is Cc1cccc(-n2c(C)cc(C(=O)NC(C(=O)O)C3CC3)c2C)c1. The normalized spacial score (nSPS) is 15.1. The average molecular weight is 326 g/mol. The molecule has 5 nitrogen and oxygen atoms in total. The Hall–Kier alpha value is -2.56. The topological polar surface area (TPSA) is 71.3 Å². The number of aromatic nitrogens is 1. The summed E-state index contributed by atoms with van der Waals surface area (Å²) in [6.45, 7) is 5.86. The van der Waals surface area contributed by atoms with E-state index in [9.17, 15) is 14.7 Å². The number of aryl methyl sites for hydroxylation is 2. The molecule has 1 aliphatic rings. The Morgan fingerprint density at radius 3 is 2.50 bits per heavy atom. The highest BCUT2D eigenvalue weighted by Crippen LogP contribution is 2.33. The Bertz CT molecular complexity index is 803. The van der Waals surface area contributed by atoms with Crippen LogP contribution in [0.15, 0.2) is 30.3 Å². The predicted octanol–water partition coefficient (Wildman–Crippen LogP) is 3.00. The van der Waals surface area contributed by atoms with E-state index in [4.69, 9.17) is 0 Å². The van der Waals surface area contributed by atoms with Crippen LogP contribution in [0.25, 0.3) is 5.69 Å². The van der Waals surface area contributed by atoms with Crippen molar-refractivity contribution in [2.24, 2.45) is 5.92 Å². The van der Waals surface area contributed by atoms with Gasteiger partial charge in [-0.3, -0.25) is 4.79 Å². The van der Waals surface area contributed by atoms with E-state index in [1.165, 1.54) is 0 Å². The summed E-state index contributed by atoms with van der Waals surface area (Å²) in [7, 11) is 0. The monoisotopic (exact) mass is 326 g/mol. The van der Waals surface area contributed by atoms with Gasteiger partial charge >= 0.3 is 5.97 Å². The second-order valence-corrected chi connectivity index (χ2v) is 6.59. The van der Waals surface area contributed by atoms with Crippen LogP contribution in [0.2, 0.25) is 0 Å². The molecule has 1 unspecified atom stereocenters. The Morgan fingerprint density at radius 1 is 1.21 bits per heavy atom. The first-order valence-electron chi connectivity index (χ1n) is 8.18. The molecular formula is C19H22N2O3. The van der Waals surface area contributed by atoms with Gasteiger partial charge in [0.1, 0.15) is 6.04 Å². The smallest absolute Gasteiger partial charge is 0.326 e. The third kappa shape index (κ3) is 3.07. The highest BCUT2D eigenvalue weighted by Gasteiger charge is 2.37. The summed E-state index contributed by atoms with van der Waals surface area (Å²) in [6, 6.07) is 9.10. The number of carbonyl (C=O) groups excluding carboxylic acids is 1. The molecule has 0 saturated heterocycles. The molecule has 0 radical (unpaired) electrons. The zero-order chi connectivity index (χ0) is 17.4. The molecule has 2 N–H and O–H groups in total. The summed E-state index contributed by atoms with van der Waals surface area (Å²) in [6.07, 6.45) is 1.72. The van der Waals surface area contributed by atoms with Crippen molar-refractivity contribution in [1.29, 1.82) is 0 Å². The summed E-state index contributed by atoms with van der Waals surface area (Å²) in [5.41, 5.74) is 4.43. The van der Waals surface area contributed by atoms with Crippen LogP contribution in [-0.4, -0.2) is 27.6 Å². The maximum atomic E-state index is 12.6. The van der Waals surface area contributed by atoms with E-state index in [1.54, 1.807) is 0 Å². The lowest BCUT2D eigenvalue weighted by atomic mass is 10.1. The Morgan fingerprint density at radius 2 is 1.92 bits per heavy atom. The van der Waals surface area contributed by atoms with Crippen LogP contribution < -0.4 is 5.32 Å². The number of rotatable bonds is 5. The third-order valence-electron chi connectivity index (χ3n) is 4.58. The first-order chi connectivity index (χ1) is 11.4. The third-order valence-corrected chi connectivity index (χ3v) is 4.58. The minimum atomic E-state index is -0.960. The molecule has 1 aromatic carbocycles. The number of hydrogen-bond donors (Lipinski definition) is 2. The van der Waals surface area contributed by atoms with Crippen LogP contribution in [0.1, 0.15) is 40.2 Å². The van der Waals surface area contributed by atoms with Gasteiger partial charge in [-0.1, -0.05) is 12.1 Å². The number of carboxylic acid groups (broad SMARTS) is 1. The first-order valence-corrected chi connectivity index (χ1v) is 8.18. The van der Waals surface area contributed by atoms with Gasteiger partial charge in [0.25, 0.3) is 5.91 Å². The number of carboxylic acids is 1. The maximum Gasteiger partial charge on any atom is 0.326 e. The average Bonchev–Trinajstić information content (AvgIpc) is 3.30. The Labute approximate surface area is 141 Å². The van der Waals surface area contributed by atoms with Crippen LogP contribution >= 0.6 is 0 Å². The summed E-state index contributed by atoms with van der Waals surface area (Å²) in [5.74, 6) is -1.22. The maximum absolute atomic E-state index is 12.6. The zero-order valence-electron chi connectivity index (χ0n) is 14.2. The second-order valence-electron chi connectivity index (χ2n) is 6.59. The van der Waals surface area contributed by atoms with Gasteiger partial charge in [0, 0.05) is 17.1 Å². The van der Waals surface area contributed by atoms with Crippen molar-refractivity contribution >= 4 is 11.9 Å². The number of amides is 1. The molecule has 1 fully saturated rings. The lowest BCUT2D eigenvalue weighted by molar-refractivity contribution is -0.139. The van der Waals surface area contributed by atoms with Gasteiger partial charge in [-0.25, -0.2) is 4.79 Å². The molecule has 0 spiro atoms. The van der Waals surface area contributed by atoms with E-state index in [-0.39, 0.29) is 11.8 Å². The largest absolute Gasteiger partial charge is 0.480 e. The van der Waals surface area contributed by atoms with Crippen LogP contribution in [0.4, 0.5) is 0 Å². The van der Waals surface area contributed by atoms with E-state index in [2.05, 4.69) is 11.4 Å². The van der Waals surface area contributed by atoms with Crippen molar-refractivity contribution in [3.63, 3.8) is 0 Å². The zero-order valence-corrected chi connectivity index (χ0v) is 14.2. The van der Waals surface area contributed by atoms with Crippen molar-refractivity contribution in [3.05, 3.63) is 52.8 Å². The molecule has 1 aliphatic carbocycles. The van der Waals surface area contributed by atoms with Crippen molar-refractivity contribution < 1.29 is 14.7 Å². The molecule has 1 amide bonds. The summed E-state index contributed by atoms with van der Waals surface area (Å²) in [4.78, 5) is 23.9. The fraction of sp³-hybridized carbons (Fsp3) is 0.368. The standard InChI is InChI=1S/C19H22N2O3/c1-11-5-4-6-15(9-11)21-12(2)10-16(13(21)3)18(22)20-17(19(23)24)14-7-8-14/h4-6,9-10,14,17H,7-8H2,1-3H3,(H,20,22)(H,23,24). The highest BCUT2D eigenvalue weighted by atomic mass is 16.4. The van der Waals surface area contributed by atoms with Gasteiger partial charge in [-0.2, -0.15) is 0 Å². The summed E-state index contributed by atoms with van der Waals surface area (Å²) >= 11 is 0. The van der Waals surface area contributed by atoms with Gasteiger partial charge in [-0.05, 0) is 63.3 Å². The number of benzene rings is 1. The molecule has 1 saturated carbocycles. The predicted molar refractivity (Wildman–Crippen MR) is 91.6 cm³/mol. The molecule has 0 aliphatic heterocycles. The molecule has 1 atom stereocenters. The second kappa shape index (κ2) is 6.15. The van der Waals surface area contributed by atoms with Crippen LogP contribution in [0.3, 0.4) is 0 Å². The summed E-state index contributed by atoms with van der Waals surface area (Å²) < 4.78 is 2.02. The van der Waals surface area contributed by atoms with Gasteiger partial charge in [-0.15, -0.1) is 0 Å². The van der Waals surface area contributed by atoms with Crippen molar-refractivity contribution in [2.75, 3.05) is 0 Å². The summed E-state index contributed by atoms with van der Waals surface area (Å²) in [5, 5.41) is 12.0. The van der Waals surface area contributed by atoms with Crippen molar-refractivity contribution in [2.45, 2.75) is 39.7 Å². The van der Waals surface area contributed by atoms with Crippen molar-refractivity contribution in [3.8, 4) is 5.69 Å². The molecule has 0 bridgehead atoms. The van der Waals surface area contributed by atoms with Gasteiger partial charge in [0.2, 0.25) is 0 Å². The minimum absolute atomic E-state index is 0.0618. The fourth-order valence-electron chi connectivity index (χ4n) is 3.19. The fourth-order valence-corrected chi connectivity index (χ4v) is 3.19. The lowest BCUT2D eigenvalue weighted by Crippen LogP contribution is -2.42. The Balaban J connectivity index is 1.91. The molecule has 24 heavy (non-hydrogen) atoms. The molecule has 126 valence electrons. The van der Waals surface area contributed by atoms with E-state index in [0.717, 1.165) is 35.5 Å². The molecular weight excluding hydrogens is 304 g/mol. The number of hydrogen-bond acceptors (Lipinski definition) is 2. The molecule has 2 aromatic rings. The van der Waals surface area contributed by atoms with Gasteiger partial charge in [0.15, 0.2) is 0 Å². The quantitative estimate of drug-likeness (QED) is 0.887. The first kappa shape index (κ1) is 16.3. The molecule has 3 rings (SSSR count). The molecule has 1 heterocycles. The van der Waals surface area contributed by atoms with E-state index >= 15 is 0 Å². The van der Waals surface area contributed by atoms with Crippen LogP contribution in [0.5, 0.6) is 0 Å². The van der Waals surface area contributed by atoms with Crippen molar-refractivity contribution in [1.82, 2.24) is 9.88 Å². The number of nitrogens with one attached hydrogen (secondary N) is 1. The van der Waals surface area contributed by atoms with Gasteiger partial charge < -0.3 is 15.0 Å². The molecule has 1 aromatic heterocycles. The van der Waals surface area contributed by atoms with Crippen LogP contribution in [0, 0.1) is 26.7 Å². The Kier molecular flexibility index (Phi) is 4.18. The number of carbonyl (C=O) groups is 2. The van der Waals surface area contributed by atoms with E-state index in [0.29, 0.717) is 5.56 Å². The van der Waals surface area contributed by atoms with Gasteiger partial charge in [0.05, 0.1) is 5.56 Å². The van der Waals surface area contributed by atoms with Crippen LogP contribution in [-0.2, 0) is 4.79 Å². The number of nitrogens with zero attached hydrogens (tertiary/aromatic N) is 1.